The van der Waals surface area contributed by atoms with Gasteiger partial charge in [0, 0.05) is 30.9 Å². The summed E-state index contributed by atoms with van der Waals surface area (Å²) in [5.41, 5.74) is 0.123. The van der Waals surface area contributed by atoms with Gasteiger partial charge < -0.3 is 15.1 Å². The molecule has 0 aliphatic carbocycles. The predicted molar refractivity (Wildman–Crippen MR) is 67.1 cm³/mol. The quantitative estimate of drug-likeness (QED) is 0.810. The Morgan fingerprint density at radius 2 is 1.76 bits per heavy atom. The zero-order valence-electron chi connectivity index (χ0n) is 9.07. The molecular weight excluding hydrogens is 265 g/mol. The number of hydrogen-bond acceptors (Lipinski definition) is 3. The highest BCUT2D eigenvalue weighted by atomic mass is 35.5. The van der Waals surface area contributed by atoms with Crippen LogP contribution < -0.4 is 0 Å². The Kier molecular flexibility index (Phi) is 5.38. The van der Waals surface area contributed by atoms with Crippen molar-refractivity contribution in [1.29, 1.82) is 0 Å². The lowest BCUT2D eigenvalue weighted by Gasteiger charge is -2.20. The summed E-state index contributed by atoms with van der Waals surface area (Å²) in [5, 5.41) is 18.7. The lowest BCUT2D eigenvalue weighted by atomic mass is 10.1. The number of amides is 1. The molecule has 6 heteroatoms. The lowest BCUT2D eigenvalue weighted by molar-refractivity contribution is 0.0772. The number of carbonyl (C=O) groups is 1. The van der Waals surface area contributed by atoms with E-state index in [1.54, 1.807) is 0 Å². The Morgan fingerprint density at radius 3 is 2.24 bits per heavy atom. The normalized spacial score (nSPS) is 10.2. The SMILES string of the molecule is O=C(c1ccc(O)cc1O)N(CCCl)CCCl. The molecular formula is C11H13Cl2NO3. The number of aromatic hydroxyl groups is 2. The highest BCUT2D eigenvalue weighted by molar-refractivity contribution is 6.18. The molecule has 0 fully saturated rings. The van der Waals surface area contributed by atoms with Gasteiger partial charge in [-0.1, -0.05) is 0 Å². The average molecular weight is 278 g/mol. The minimum absolute atomic E-state index is 0.0970. The van der Waals surface area contributed by atoms with Crippen LogP contribution in [0.5, 0.6) is 11.5 Å². The van der Waals surface area contributed by atoms with Gasteiger partial charge in [-0.05, 0) is 12.1 Å². The molecule has 0 aliphatic heterocycles. The summed E-state index contributed by atoms with van der Waals surface area (Å²) in [6, 6.07) is 3.82. The molecule has 0 spiro atoms. The molecule has 1 amide bonds. The molecule has 94 valence electrons. The second-order valence-corrected chi connectivity index (χ2v) is 4.13. The molecule has 0 bridgehead atoms. The first-order valence-electron chi connectivity index (χ1n) is 5.03. The fourth-order valence-corrected chi connectivity index (χ4v) is 1.80. The fraction of sp³-hybridized carbons (Fsp3) is 0.364. The zero-order chi connectivity index (χ0) is 12.8. The van der Waals surface area contributed by atoms with E-state index in [2.05, 4.69) is 0 Å². The van der Waals surface area contributed by atoms with Gasteiger partial charge in [0.05, 0.1) is 5.56 Å². The Balaban J connectivity index is 2.92. The molecule has 0 aromatic heterocycles. The van der Waals surface area contributed by atoms with Crippen molar-refractivity contribution >= 4 is 29.1 Å². The van der Waals surface area contributed by atoms with E-state index in [0.29, 0.717) is 24.8 Å². The van der Waals surface area contributed by atoms with Crippen LogP contribution in [0, 0.1) is 0 Å². The highest BCUT2D eigenvalue weighted by Crippen LogP contribution is 2.23. The summed E-state index contributed by atoms with van der Waals surface area (Å²) >= 11 is 11.2. The Morgan fingerprint density at radius 1 is 1.18 bits per heavy atom. The summed E-state index contributed by atoms with van der Waals surface area (Å²) in [6.45, 7) is 0.709. The molecule has 0 atom stereocenters. The summed E-state index contributed by atoms with van der Waals surface area (Å²) in [6.07, 6.45) is 0. The van der Waals surface area contributed by atoms with Crippen LogP contribution in [-0.4, -0.2) is 45.9 Å². The summed E-state index contributed by atoms with van der Waals surface area (Å²) in [4.78, 5) is 13.5. The molecule has 1 aromatic rings. The number of hydrogen-bond donors (Lipinski definition) is 2. The smallest absolute Gasteiger partial charge is 0.257 e. The van der Waals surface area contributed by atoms with E-state index in [9.17, 15) is 9.90 Å². The van der Waals surface area contributed by atoms with Crippen molar-refractivity contribution in [2.75, 3.05) is 24.8 Å². The molecule has 0 radical (unpaired) electrons. The van der Waals surface area contributed by atoms with Gasteiger partial charge in [0.15, 0.2) is 0 Å². The zero-order valence-corrected chi connectivity index (χ0v) is 10.6. The molecule has 17 heavy (non-hydrogen) atoms. The maximum Gasteiger partial charge on any atom is 0.257 e. The molecule has 2 N–H and O–H groups in total. The van der Waals surface area contributed by atoms with Gasteiger partial charge in [-0.2, -0.15) is 0 Å². The maximum atomic E-state index is 12.0. The van der Waals surface area contributed by atoms with Gasteiger partial charge in [-0.15, -0.1) is 23.2 Å². The Labute approximate surface area is 109 Å². The van der Waals surface area contributed by atoms with Crippen LogP contribution >= 0.6 is 23.2 Å². The second-order valence-electron chi connectivity index (χ2n) is 3.37. The number of rotatable bonds is 5. The minimum Gasteiger partial charge on any atom is -0.508 e. The van der Waals surface area contributed by atoms with E-state index >= 15 is 0 Å². The molecule has 1 aromatic carbocycles. The second kappa shape index (κ2) is 6.57. The van der Waals surface area contributed by atoms with Crippen LogP contribution in [0.3, 0.4) is 0 Å². The van der Waals surface area contributed by atoms with Crippen LogP contribution in [-0.2, 0) is 0 Å². The first-order valence-corrected chi connectivity index (χ1v) is 6.10. The summed E-state index contributed by atoms with van der Waals surface area (Å²) < 4.78 is 0. The van der Waals surface area contributed by atoms with Crippen LogP contribution in [0.1, 0.15) is 10.4 Å². The monoisotopic (exact) mass is 277 g/mol. The van der Waals surface area contributed by atoms with E-state index in [1.165, 1.54) is 17.0 Å². The van der Waals surface area contributed by atoms with Crippen molar-refractivity contribution < 1.29 is 15.0 Å². The Bertz CT molecular complexity index is 392. The number of alkyl halides is 2. The third kappa shape index (κ3) is 3.68. The van der Waals surface area contributed by atoms with Crippen molar-refractivity contribution in [3.63, 3.8) is 0 Å². The van der Waals surface area contributed by atoms with E-state index < -0.39 is 0 Å². The van der Waals surface area contributed by atoms with E-state index in [-0.39, 0.29) is 23.0 Å². The van der Waals surface area contributed by atoms with Crippen LogP contribution in [0.4, 0.5) is 0 Å². The molecule has 1 rings (SSSR count). The molecule has 4 nitrogen and oxygen atoms in total. The maximum absolute atomic E-state index is 12.0. The van der Waals surface area contributed by atoms with Crippen LogP contribution in [0.15, 0.2) is 18.2 Å². The van der Waals surface area contributed by atoms with E-state index in [1.807, 2.05) is 0 Å². The van der Waals surface area contributed by atoms with Crippen molar-refractivity contribution in [2.24, 2.45) is 0 Å². The lowest BCUT2D eigenvalue weighted by Crippen LogP contribution is -2.34. The highest BCUT2D eigenvalue weighted by Gasteiger charge is 2.18. The standard InChI is InChI=1S/C11H13Cl2NO3/c12-3-5-14(6-4-13)11(17)9-2-1-8(15)7-10(9)16/h1-2,7,15-16H,3-6H2. The van der Waals surface area contributed by atoms with Gasteiger partial charge in [0.2, 0.25) is 0 Å². The fourth-order valence-electron chi connectivity index (χ4n) is 1.39. The number of nitrogens with zero attached hydrogens (tertiary/aromatic N) is 1. The molecule has 0 unspecified atom stereocenters. The van der Waals surface area contributed by atoms with Crippen LogP contribution in [0.25, 0.3) is 0 Å². The first kappa shape index (κ1) is 13.9. The van der Waals surface area contributed by atoms with Gasteiger partial charge in [0.1, 0.15) is 11.5 Å². The Hall–Kier alpha value is -1.13. The molecule has 0 heterocycles. The van der Waals surface area contributed by atoms with Crippen molar-refractivity contribution in [3.05, 3.63) is 23.8 Å². The summed E-state index contributed by atoms with van der Waals surface area (Å²) in [5.74, 6) is -0.128. The largest absolute Gasteiger partial charge is 0.508 e. The van der Waals surface area contributed by atoms with Crippen molar-refractivity contribution in [1.82, 2.24) is 4.90 Å². The van der Waals surface area contributed by atoms with E-state index in [4.69, 9.17) is 28.3 Å². The van der Waals surface area contributed by atoms with Crippen molar-refractivity contribution in [3.8, 4) is 11.5 Å². The van der Waals surface area contributed by atoms with Crippen molar-refractivity contribution in [2.45, 2.75) is 0 Å². The molecule has 0 aliphatic rings. The summed E-state index contributed by atoms with van der Waals surface area (Å²) in [7, 11) is 0. The minimum atomic E-state index is -0.358. The number of benzene rings is 1. The number of phenols is 2. The van der Waals surface area contributed by atoms with Gasteiger partial charge in [-0.3, -0.25) is 4.79 Å². The third-order valence-corrected chi connectivity index (χ3v) is 2.55. The number of phenolic OH excluding ortho intramolecular Hbond substituents is 2. The topological polar surface area (TPSA) is 60.8 Å². The van der Waals surface area contributed by atoms with Crippen LogP contribution in [0.2, 0.25) is 0 Å². The van der Waals surface area contributed by atoms with E-state index in [0.717, 1.165) is 6.07 Å². The first-order chi connectivity index (χ1) is 8.10. The predicted octanol–water partition coefficient (Wildman–Crippen LogP) is 2.02. The van der Waals surface area contributed by atoms with Gasteiger partial charge in [-0.25, -0.2) is 0 Å². The third-order valence-electron chi connectivity index (χ3n) is 2.21. The average Bonchev–Trinajstić information content (AvgIpc) is 2.28. The number of halogens is 2. The van der Waals surface area contributed by atoms with Gasteiger partial charge >= 0.3 is 0 Å². The molecule has 0 saturated carbocycles. The number of carbonyl (C=O) groups excluding carboxylic acids is 1. The van der Waals surface area contributed by atoms with Gasteiger partial charge in [0.25, 0.3) is 5.91 Å². The molecule has 0 saturated heterocycles.